The molecule has 0 saturated heterocycles. The molecule has 2 aromatic rings. The van der Waals surface area contributed by atoms with Gasteiger partial charge in [-0.05, 0) is 23.8 Å². The quantitative estimate of drug-likeness (QED) is 0.819. The second kappa shape index (κ2) is 5.21. The molecule has 0 aliphatic heterocycles. The molecule has 88 valence electrons. The van der Waals surface area contributed by atoms with Gasteiger partial charge in [0, 0.05) is 22.7 Å². The number of hydrogen-bond donors (Lipinski definition) is 2. The number of nitrogen functional groups attached to an aromatic ring is 1. The molecule has 0 spiro atoms. The van der Waals surface area contributed by atoms with Gasteiger partial charge in [0.15, 0.2) is 0 Å². The molecule has 3 heteroatoms. The summed E-state index contributed by atoms with van der Waals surface area (Å²) in [5, 5.41) is 10.7. The fourth-order valence-electron chi connectivity index (χ4n) is 1.78. The van der Waals surface area contributed by atoms with Crippen LogP contribution in [-0.4, -0.2) is 5.11 Å². The Kier molecular flexibility index (Phi) is 3.67. The van der Waals surface area contributed by atoms with E-state index in [1.165, 1.54) is 0 Å². The van der Waals surface area contributed by atoms with E-state index in [-0.39, 0.29) is 0 Å². The smallest absolute Gasteiger partial charge is 0.0850 e. The maximum Gasteiger partial charge on any atom is 0.0850 e. The summed E-state index contributed by atoms with van der Waals surface area (Å²) in [5.41, 5.74) is 8.14. The minimum atomic E-state index is -0.629. The van der Waals surface area contributed by atoms with E-state index in [0.717, 1.165) is 5.56 Å². The zero-order valence-electron chi connectivity index (χ0n) is 9.31. The van der Waals surface area contributed by atoms with Crippen LogP contribution in [0.25, 0.3) is 0 Å². The van der Waals surface area contributed by atoms with Crippen molar-refractivity contribution in [1.82, 2.24) is 0 Å². The topological polar surface area (TPSA) is 46.2 Å². The lowest BCUT2D eigenvalue weighted by Gasteiger charge is -2.13. The molecule has 2 aromatic carbocycles. The van der Waals surface area contributed by atoms with Crippen molar-refractivity contribution in [2.24, 2.45) is 0 Å². The summed E-state index contributed by atoms with van der Waals surface area (Å²) in [6.07, 6.45) is -0.0955. The van der Waals surface area contributed by atoms with Crippen molar-refractivity contribution in [2.75, 3.05) is 5.73 Å². The number of aliphatic hydroxyl groups excluding tert-OH is 1. The lowest BCUT2D eigenvalue weighted by atomic mass is 10.0. The van der Waals surface area contributed by atoms with Crippen molar-refractivity contribution in [1.29, 1.82) is 0 Å². The van der Waals surface area contributed by atoms with E-state index >= 15 is 0 Å². The predicted octanol–water partition coefficient (Wildman–Crippen LogP) is 3.20. The summed E-state index contributed by atoms with van der Waals surface area (Å²) >= 11 is 5.90. The molecule has 2 rings (SSSR count). The molecule has 0 heterocycles. The van der Waals surface area contributed by atoms with E-state index < -0.39 is 6.10 Å². The van der Waals surface area contributed by atoms with E-state index in [2.05, 4.69) is 0 Å². The van der Waals surface area contributed by atoms with E-state index in [0.29, 0.717) is 22.7 Å². The van der Waals surface area contributed by atoms with Gasteiger partial charge in [-0.15, -0.1) is 0 Å². The van der Waals surface area contributed by atoms with Gasteiger partial charge in [0.05, 0.1) is 6.10 Å². The van der Waals surface area contributed by atoms with Gasteiger partial charge in [0.2, 0.25) is 0 Å². The van der Waals surface area contributed by atoms with Gasteiger partial charge in [-0.1, -0.05) is 41.9 Å². The van der Waals surface area contributed by atoms with E-state index in [4.69, 9.17) is 17.3 Å². The third-order valence-corrected chi connectivity index (χ3v) is 2.91. The van der Waals surface area contributed by atoms with Crippen molar-refractivity contribution >= 4 is 17.3 Å². The van der Waals surface area contributed by atoms with Crippen LogP contribution in [0.2, 0.25) is 5.02 Å². The van der Waals surface area contributed by atoms with Crippen LogP contribution < -0.4 is 5.73 Å². The lowest BCUT2D eigenvalue weighted by molar-refractivity contribution is 0.179. The Morgan fingerprint density at radius 3 is 2.53 bits per heavy atom. The Hall–Kier alpha value is -1.51. The van der Waals surface area contributed by atoms with E-state index in [1.54, 1.807) is 18.2 Å². The Morgan fingerprint density at radius 1 is 1.12 bits per heavy atom. The molecular formula is C14H14ClNO. The number of aliphatic hydroxyl groups is 1. The van der Waals surface area contributed by atoms with Crippen molar-refractivity contribution in [3.8, 4) is 0 Å². The van der Waals surface area contributed by atoms with Crippen LogP contribution in [0.4, 0.5) is 5.69 Å². The number of hydrogen-bond acceptors (Lipinski definition) is 2. The molecule has 1 atom stereocenters. The van der Waals surface area contributed by atoms with Gasteiger partial charge in [-0.2, -0.15) is 0 Å². The number of anilines is 1. The summed E-state index contributed by atoms with van der Waals surface area (Å²) in [6.45, 7) is 0. The van der Waals surface area contributed by atoms with Crippen LogP contribution in [0.15, 0.2) is 48.5 Å². The molecule has 1 unspecified atom stereocenters. The molecule has 0 fully saturated rings. The van der Waals surface area contributed by atoms with Gasteiger partial charge >= 0.3 is 0 Å². The van der Waals surface area contributed by atoms with Crippen LogP contribution in [0.5, 0.6) is 0 Å². The molecular weight excluding hydrogens is 234 g/mol. The monoisotopic (exact) mass is 247 g/mol. The van der Waals surface area contributed by atoms with E-state index in [9.17, 15) is 5.11 Å². The van der Waals surface area contributed by atoms with E-state index in [1.807, 2.05) is 30.3 Å². The molecule has 0 aliphatic rings. The predicted molar refractivity (Wildman–Crippen MR) is 71.0 cm³/mol. The highest BCUT2D eigenvalue weighted by Gasteiger charge is 2.12. The molecule has 3 N–H and O–H groups in total. The molecule has 0 amide bonds. The Bertz CT molecular complexity index is 499. The summed E-state index contributed by atoms with van der Waals surface area (Å²) in [5.74, 6) is 0. The molecule has 0 radical (unpaired) electrons. The normalized spacial score (nSPS) is 12.4. The third kappa shape index (κ3) is 2.99. The van der Waals surface area contributed by atoms with Crippen LogP contribution in [-0.2, 0) is 6.42 Å². The van der Waals surface area contributed by atoms with Gasteiger partial charge in [-0.25, -0.2) is 0 Å². The largest absolute Gasteiger partial charge is 0.398 e. The van der Waals surface area contributed by atoms with Crippen LogP contribution in [0, 0.1) is 0 Å². The Morgan fingerprint density at radius 2 is 1.82 bits per heavy atom. The maximum atomic E-state index is 10.1. The van der Waals surface area contributed by atoms with Crippen molar-refractivity contribution < 1.29 is 5.11 Å². The highest BCUT2D eigenvalue weighted by Crippen LogP contribution is 2.26. The molecule has 0 aromatic heterocycles. The minimum Gasteiger partial charge on any atom is -0.398 e. The summed E-state index contributed by atoms with van der Waals surface area (Å²) in [6, 6.07) is 14.9. The second-order valence-corrected chi connectivity index (χ2v) is 4.42. The van der Waals surface area contributed by atoms with Crippen LogP contribution in [0.3, 0.4) is 0 Å². The second-order valence-electron chi connectivity index (χ2n) is 3.98. The SMILES string of the molecule is Nc1ccc(Cl)cc1C(O)Cc1ccccc1. The van der Waals surface area contributed by atoms with Crippen LogP contribution >= 0.6 is 11.6 Å². The first-order chi connectivity index (χ1) is 8.16. The highest BCUT2D eigenvalue weighted by molar-refractivity contribution is 6.30. The molecule has 0 saturated carbocycles. The van der Waals surface area contributed by atoms with Gasteiger partial charge < -0.3 is 10.8 Å². The van der Waals surface area contributed by atoms with Crippen molar-refractivity contribution in [2.45, 2.75) is 12.5 Å². The fraction of sp³-hybridized carbons (Fsp3) is 0.143. The first kappa shape index (κ1) is 12.0. The minimum absolute atomic E-state index is 0.533. The fourth-order valence-corrected chi connectivity index (χ4v) is 1.96. The van der Waals surface area contributed by atoms with Gasteiger partial charge in [-0.3, -0.25) is 0 Å². The maximum absolute atomic E-state index is 10.1. The Labute approximate surface area is 106 Å². The number of rotatable bonds is 3. The first-order valence-electron chi connectivity index (χ1n) is 5.44. The molecule has 17 heavy (non-hydrogen) atoms. The van der Waals surface area contributed by atoms with Crippen molar-refractivity contribution in [3.05, 3.63) is 64.7 Å². The summed E-state index contributed by atoms with van der Waals surface area (Å²) < 4.78 is 0. The summed E-state index contributed by atoms with van der Waals surface area (Å²) in [4.78, 5) is 0. The van der Waals surface area contributed by atoms with Gasteiger partial charge in [0.25, 0.3) is 0 Å². The number of halogens is 1. The Balaban J connectivity index is 2.20. The third-order valence-electron chi connectivity index (χ3n) is 2.68. The standard InChI is InChI=1S/C14H14ClNO/c15-11-6-7-13(16)12(9-11)14(17)8-10-4-2-1-3-5-10/h1-7,9,14,17H,8,16H2. The zero-order valence-corrected chi connectivity index (χ0v) is 10.1. The highest BCUT2D eigenvalue weighted by atomic mass is 35.5. The van der Waals surface area contributed by atoms with Crippen molar-refractivity contribution in [3.63, 3.8) is 0 Å². The zero-order chi connectivity index (χ0) is 12.3. The van der Waals surface area contributed by atoms with Gasteiger partial charge in [0.1, 0.15) is 0 Å². The molecule has 0 bridgehead atoms. The number of nitrogens with two attached hydrogens (primary N) is 1. The number of benzene rings is 2. The lowest BCUT2D eigenvalue weighted by Crippen LogP contribution is -2.05. The average Bonchev–Trinajstić information content (AvgIpc) is 2.33. The first-order valence-corrected chi connectivity index (χ1v) is 5.81. The van der Waals surface area contributed by atoms with Crippen LogP contribution in [0.1, 0.15) is 17.2 Å². The average molecular weight is 248 g/mol. The molecule has 2 nitrogen and oxygen atoms in total. The molecule has 0 aliphatic carbocycles. The summed E-state index contributed by atoms with van der Waals surface area (Å²) in [7, 11) is 0.